The molecule has 0 saturated heterocycles. The second-order valence-corrected chi connectivity index (χ2v) is 9.45. The molecule has 1 aromatic heterocycles. The number of esters is 1. The van der Waals surface area contributed by atoms with E-state index in [4.69, 9.17) is 20.2 Å². The molecule has 1 atom stereocenters. The van der Waals surface area contributed by atoms with Crippen molar-refractivity contribution in [1.29, 1.82) is 0 Å². The third-order valence-corrected chi connectivity index (χ3v) is 5.44. The highest BCUT2D eigenvalue weighted by molar-refractivity contribution is 5.88. The van der Waals surface area contributed by atoms with Gasteiger partial charge < -0.3 is 19.9 Å². The summed E-state index contributed by atoms with van der Waals surface area (Å²) in [5, 5.41) is 0. The predicted octanol–water partition coefficient (Wildman–Crippen LogP) is 3.82. The summed E-state index contributed by atoms with van der Waals surface area (Å²) < 4.78 is 16.1. The fraction of sp³-hybridized carbons (Fsp3) is 0.500. The normalized spacial score (nSPS) is 14.2. The molecule has 0 aliphatic carbocycles. The molecule has 8 heteroatoms. The van der Waals surface area contributed by atoms with Gasteiger partial charge in [-0.05, 0) is 82.2 Å². The maximum Gasteiger partial charge on any atom is 0.416 e. The molecule has 1 aliphatic rings. The van der Waals surface area contributed by atoms with Gasteiger partial charge in [0, 0.05) is 12.2 Å². The van der Waals surface area contributed by atoms with E-state index >= 15 is 0 Å². The van der Waals surface area contributed by atoms with Gasteiger partial charge in [0.05, 0.1) is 13.7 Å². The van der Waals surface area contributed by atoms with E-state index in [1.165, 1.54) is 7.11 Å². The van der Waals surface area contributed by atoms with Crippen LogP contribution < -0.4 is 15.4 Å². The van der Waals surface area contributed by atoms with Crippen molar-refractivity contribution < 1.29 is 23.8 Å². The second-order valence-electron chi connectivity index (χ2n) is 9.45. The van der Waals surface area contributed by atoms with Crippen LogP contribution in [0.4, 0.5) is 10.6 Å². The van der Waals surface area contributed by atoms with Crippen LogP contribution in [0.5, 0.6) is 5.75 Å². The highest BCUT2D eigenvalue weighted by atomic mass is 16.6. The number of fused-ring (bicyclic) bond motifs is 1. The third kappa shape index (κ3) is 7.18. The zero-order chi connectivity index (χ0) is 24.7. The molecule has 1 amide bonds. The molecule has 34 heavy (non-hydrogen) atoms. The van der Waals surface area contributed by atoms with Crippen LogP contribution in [-0.2, 0) is 33.5 Å². The van der Waals surface area contributed by atoms with Gasteiger partial charge in [0.1, 0.15) is 23.2 Å². The molecule has 0 unspecified atom stereocenters. The smallest absolute Gasteiger partial charge is 0.416 e. The number of carbonyl (C=O) groups excluding carboxylic acids is 2. The molecule has 0 spiro atoms. The van der Waals surface area contributed by atoms with Gasteiger partial charge in [-0.2, -0.15) is 0 Å². The highest BCUT2D eigenvalue weighted by Crippen LogP contribution is 2.27. The molecule has 2 heterocycles. The largest absolute Gasteiger partial charge is 0.494 e. The summed E-state index contributed by atoms with van der Waals surface area (Å²) in [6.45, 7) is 6.75. The first kappa shape index (κ1) is 25.5. The number of anilines is 1. The number of amides is 1. The standard InChI is InChI=1S/C26H35N3O5/c1-26(2,3)34-25(31)29-15-5-7-19-11-12-20(28-23(19)29)8-6-16-33-21-13-9-18(10-14-21)17-22(27)24(30)32-4/h9-14,22H,5-8,15-17,27H2,1-4H3/t22-/m0/s1. The molecule has 0 radical (unpaired) electrons. The van der Waals surface area contributed by atoms with E-state index in [1.807, 2.05) is 51.1 Å². The summed E-state index contributed by atoms with van der Waals surface area (Å²) in [6.07, 6.45) is 3.39. The number of nitrogens with zero attached hydrogens (tertiary/aromatic N) is 2. The molecule has 8 nitrogen and oxygen atoms in total. The van der Waals surface area contributed by atoms with E-state index in [9.17, 15) is 9.59 Å². The second kappa shape index (κ2) is 11.3. The quantitative estimate of drug-likeness (QED) is 0.463. The number of aryl methyl sites for hydroxylation is 2. The SMILES string of the molecule is COC(=O)[C@@H](N)Cc1ccc(OCCCc2ccc3c(n2)N(C(=O)OC(C)(C)C)CCC3)cc1. The number of carbonyl (C=O) groups is 2. The highest BCUT2D eigenvalue weighted by Gasteiger charge is 2.28. The average molecular weight is 470 g/mol. The summed E-state index contributed by atoms with van der Waals surface area (Å²) >= 11 is 0. The lowest BCUT2D eigenvalue weighted by Crippen LogP contribution is -2.40. The van der Waals surface area contributed by atoms with Crippen LogP contribution in [0.2, 0.25) is 0 Å². The third-order valence-electron chi connectivity index (χ3n) is 5.44. The summed E-state index contributed by atoms with van der Waals surface area (Å²) in [6, 6.07) is 10.9. The van der Waals surface area contributed by atoms with Crippen LogP contribution in [0.1, 0.15) is 50.4 Å². The molecular weight excluding hydrogens is 434 g/mol. The van der Waals surface area contributed by atoms with Crippen LogP contribution in [0.3, 0.4) is 0 Å². The zero-order valence-electron chi connectivity index (χ0n) is 20.5. The number of benzene rings is 1. The average Bonchev–Trinajstić information content (AvgIpc) is 2.80. The number of aromatic nitrogens is 1. The lowest BCUT2D eigenvalue weighted by atomic mass is 10.0. The van der Waals surface area contributed by atoms with Gasteiger partial charge in [0.25, 0.3) is 0 Å². The maximum absolute atomic E-state index is 12.7. The molecule has 0 bridgehead atoms. The Kier molecular flexibility index (Phi) is 8.50. The Morgan fingerprint density at radius 1 is 1.15 bits per heavy atom. The van der Waals surface area contributed by atoms with Crippen molar-refractivity contribution in [3.8, 4) is 5.75 Å². The van der Waals surface area contributed by atoms with Crippen molar-refractivity contribution in [3.05, 3.63) is 53.2 Å². The summed E-state index contributed by atoms with van der Waals surface area (Å²) in [5.74, 6) is 1.04. The summed E-state index contributed by atoms with van der Waals surface area (Å²) in [7, 11) is 1.33. The van der Waals surface area contributed by atoms with Crippen molar-refractivity contribution in [2.45, 2.75) is 64.5 Å². The van der Waals surface area contributed by atoms with E-state index < -0.39 is 17.6 Å². The number of hydrogen-bond acceptors (Lipinski definition) is 7. The van der Waals surface area contributed by atoms with Crippen molar-refractivity contribution in [3.63, 3.8) is 0 Å². The number of hydrogen-bond donors (Lipinski definition) is 1. The predicted molar refractivity (Wildman–Crippen MR) is 130 cm³/mol. The molecule has 0 fully saturated rings. The van der Waals surface area contributed by atoms with E-state index in [-0.39, 0.29) is 6.09 Å². The monoisotopic (exact) mass is 469 g/mol. The minimum absolute atomic E-state index is 0.350. The summed E-state index contributed by atoms with van der Waals surface area (Å²) in [5.41, 5.74) is 8.20. The van der Waals surface area contributed by atoms with Gasteiger partial charge in [-0.15, -0.1) is 0 Å². The van der Waals surface area contributed by atoms with Crippen molar-refractivity contribution >= 4 is 17.9 Å². The molecule has 1 aliphatic heterocycles. The minimum Gasteiger partial charge on any atom is -0.494 e. The van der Waals surface area contributed by atoms with Crippen molar-refractivity contribution in [1.82, 2.24) is 4.98 Å². The number of nitrogens with two attached hydrogens (primary N) is 1. The first-order chi connectivity index (χ1) is 16.2. The van der Waals surface area contributed by atoms with Crippen LogP contribution in [0.15, 0.2) is 36.4 Å². The van der Waals surface area contributed by atoms with E-state index in [2.05, 4.69) is 10.8 Å². The van der Waals surface area contributed by atoms with Crippen LogP contribution in [0.25, 0.3) is 0 Å². The number of pyridine rings is 1. The Morgan fingerprint density at radius 3 is 2.56 bits per heavy atom. The van der Waals surface area contributed by atoms with Crippen molar-refractivity contribution in [2.24, 2.45) is 5.73 Å². The van der Waals surface area contributed by atoms with Gasteiger partial charge in [0.2, 0.25) is 0 Å². The van der Waals surface area contributed by atoms with E-state index in [0.717, 1.165) is 48.3 Å². The van der Waals surface area contributed by atoms with Crippen LogP contribution >= 0.6 is 0 Å². The van der Waals surface area contributed by atoms with Crippen LogP contribution in [-0.4, -0.2) is 49.0 Å². The Labute approximate surface area is 201 Å². The first-order valence-electron chi connectivity index (χ1n) is 11.7. The van der Waals surface area contributed by atoms with Gasteiger partial charge >= 0.3 is 12.1 Å². The number of ether oxygens (including phenoxy) is 3. The lowest BCUT2D eigenvalue weighted by molar-refractivity contribution is -0.142. The van der Waals surface area contributed by atoms with Gasteiger partial charge in [0.15, 0.2) is 0 Å². The minimum atomic E-state index is -0.674. The van der Waals surface area contributed by atoms with E-state index in [0.29, 0.717) is 25.4 Å². The zero-order valence-corrected chi connectivity index (χ0v) is 20.5. The van der Waals surface area contributed by atoms with Crippen molar-refractivity contribution in [2.75, 3.05) is 25.2 Å². The topological polar surface area (TPSA) is 104 Å². The lowest BCUT2D eigenvalue weighted by Gasteiger charge is -2.31. The van der Waals surface area contributed by atoms with Crippen LogP contribution in [0, 0.1) is 0 Å². The fourth-order valence-corrected chi connectivity index (χ4v) is 3.77. The number of methoxy groups -OCH3 is 1. The molecule has 3 rings (SSSR count). The molecule has 2 N–H and O–H groups in total. The molecule has 0 saturated carbocycles. The van der Waals surface area contributed by atoms with Gasteiger partial charge in [-0.25, -0.2) is 9.78 Å². The Balaban J connectivity index is 1.51. The molecule has 2 aromatic rings. The first-order valence-corrected chi connectivity index (χ1v) is 11.7. The maximum atomic E-state index is 12.7. The Morgan fingerprint density at radius 2 is 1.88 bits per heavy atom. The fourth-order valence-electron chi connectivity index (χ4n) is 3.77. The molecule has 184 valence electrons. The number of rotatable bonds is 8. The Hall–Kier alpha value is -3.13. The Bertz CT molecular complexity index is 985. The van der Waals surface area contributed by atoms with Gasteiger partial charge in [-0.3, -0.25) is 9.69 Å². The summed E-state index contributed by atoms with van der Waals surface area (Å²) in [4.78, 5) is 30.5. The molecular formula is C26H35N3O5. The van der Waals surface area contributed by atoms with Gasteiger partial charge in [-0.1, -0.05) is 18.2 Å². The van der Waals surface area contributed by atoms with E-state index in [1.54, 1.807) is 4.90 Å². The molecule has 1 aromatic carbocycles.